The van der Waals surface area contributed by atoms with Gasteiger partial charge in [-0.15, -0.1) is 0 Å². The van der Waals surface area contributed by atoms with Crippen molar-refractivity contribution in [2.24, 2.45) is 17.8 Å². The molecule has 0 saturated carbocycles. The summed E-state index contributed by atoms with van der Waals surface area (Å²) in [5.41, 5.74) is 0. The van der Waals surface area contributed by atoms with Gasteiger partial charge in [-0.05, 0) is 0 Å². The molecular formula is C11H22O2. The third-order valence-corrected chi connectivity index (χ3v) is 2.80. The van der Waals surface area contributed by atoms with E-state index in [2.05, 4.69) is 34.6 Å². The molecule has 1 fully saturated rings. The first-order valence-corrected chi connectivity index (χ1v) is 5.27. The molecule has 1 aliphatic heterocycles. The van der Waals surface area contributed by atoms with Gasteiger partial charge in [-0.3, -0.25) is 0 Å². The van der Waals surface area contributed by atoms with Gasteiger partial charge >= 0.3 is 0 Å². The highest BCUT2D eigenvalue weighted by Crippen LogP contribution is 2.35. The first kappa shape index (κ1) is 11.0. The highest BCUT2D eigenvalue weighted by atomic mass is 16.7. The minimum absolute atomic E-state index is 0.341. The predicted octanol–water partition coefficient (Wildman–Crippen LogP) is 2.68. The van der Waals surface area contributed by atoms with Crippen LogP contribution in [0.4, 0.5) is 0 Å². The summed E-state index contributed by atoms with van der Waals surface area (Å²) in [5, 5.41) is 0. The van der Waals surface area contributed by atoms with E-state index in [1.807, 2.05) is 0 Å². The Kier molecular flexibility index (Phi) is 3.36. The summed E-state index contributed by atoms with van der Waals surface area (Å²) < 4.78 is 11.8. The van der Waals surface area contributed by atoms with Crippen LogP contribution < -0.4 is 0 Å². The van der Waals surface area contributed by atoms with E-state index in [0.717, 1.165) is 13.2 Å². The molecule has 0 aliphatic carbocycles. The van der Waals surface area contributed by atoms with Crippen LogP contribution in [0.15, 0.2) is 0 Å². The molecule has 0 amide bonds. The lowest BCUT2D eigenvalue weighted by Crippen LogP contribution is -2.51. The van der Waals surface area contributed by atoms with E-state index in [4.69, 9.17) is 9.47 Å². The van der Waals surface area contributed by atoms with Gasteiger partial charge in [0.2, 0.25) is 0 Å². The van der Waals surface area contributed by atoms with Gasteiger partial charge in [-0.2, -0.15) is 0 Å². The highest BCUT2D eigenvalue weighted by molar-refractivity contribution is 4.81. The standard InChI is InChI=1S/C11H22O2/c1-8(2)11(9(3)4)12-6-10(5)7-13-11/h8-10H,6-7H2,1-5H3. The number of ether oxygens (including phenoxy) is 2. The van der Waals surface area contributed by atoms with Crippen molar-refractivity contribution in [1.29, 1.82) is 0 Å². The van der Waals surface area contributed by atoms with Gasteiger partial charge in [-0.1, -0.05) is 34.6 Å². The molecule has 0 unspecified atom stereocenters. The van der Waals surface area contributed by atoms with Crippen molar-refractivity contribution in [2.75, 3.05) is 13.2 Å². The largest absolute Gasteiger partial charge is 0.349 e. The van der Waals surface area contributed by atoms with Crippen LogP contribution in [-0.2, 0) is 9.47 Å². The Hall–Kier alpha value is -0.0800. The fraction of sp³-hybridized carbons (Fsp3) is 1.00. The van der Waals surface area contributed by atoms with Gasteiger partial charge in [0.15, 0.2) is 5.79 Å². The molecule has 0 bridgehead atoms. The van der Waals surface area contributed by atoms with Crippen molar-refractivity contribution in [3.05, 3.63) is 0 Å². The lowest BCUT2D eigenvalue weighted by Gasteiger charge is -2.45. The van der Waals surface area contributed by atoms with Gasteiger partial charge in [0.05, 0.1) is 13.2 Å². The molecule has 0 atom stereocenters. The van der Waals surface area contributed by atoms with E-state index >= 15 is 0 Å². The van der Waals surface area contributed by atoms with Crippen molar-refractivity contribution in [2.45, 2.75) is 40.4 Å². The number of hydrogen-bond acceptors (Lipinski definition) is 2. The van der Waals surface area contributed by atoms with E-state index < -0.39 is 0 Å². The normalized spacial score (nSPS) is 24.2. The molecule has 0 aromatic carbocycles. The third kappa shape index (κ3) is 2.05. The summed E-state index contributed by atoms with van der Waals surface area (Å²) in [5.74, 6) is 1.03. The van der Waals surface area contributed by atoms with Crippen LogP contribution in [0, 0.1) is 17.8 Å². The molecule has 0 aromatic rings. The van der Waals surface area contributed by atoms with E-state index in [-0.39, 0.29) is 5.79 Å². The Morgan fingerprint density at radius 2 is 1.38 bits per heavy atom. The summed E-state index contributed by atoms with van der Waals surface area (Å²) >= 11 is 0. The second-order valence-electron chi connectivity index (χ2n) is 4.76. The minimum Gasteiger partial charge on any atom is -0.349 e. The predicted molar refractivity (Wildman–Crippen MR) is 53.5 cm³/mol. The molecule has 1 heterocycles. The Morgan fingerprint density at radius 3 is 1.69 bits per heavy atom. The quantitative estimate of drug-likeness (QED) is 0.660. The summed E-state index contributed by atoms with van der Waals surface area (Å²) in [7, 11) is 0. The van der Waals surface area contributed by atoms with Crippen LogP contribution in [0.25, 0.3) is 0 Å². The summed E-state index contributed by atoms with van der Waals surface area (Å²) in [6.07, 6.45) is 0. The average molecular weight is 186 g/mol. The third-order valence-electron chi connectivity index (χ3n) is 2.80. The molecule has 1 saturated heterocycles. The van der Waals surface area contributed by atoms with E-state index in [1.54, 1.807) is 0 Å². The number of hydrogen-bond donors (Lipinski definition) is 0. The second kappa shape index (κ2) is 3.97. The smallest absolute Gasteiger partial charge is 0.172 e. The van der Waals surface area contributed by atoms with Crippen LogP contribution in [0.5, 0.6) is 0 Å². The van der Waals surface area contributed by atoms with Gasteiger partial charge in [0, 0.05) is 17.8 Å². The van der Waals surface area contributed by atoms with Gasteiger partial charge < -0.3 is 9.47 Å². The topological polar surface area (TPSA) is 18.5 Å². The minimum atomic E-state index is -0.341. The fourth-order valence-electron chi connectivity index (χ4n) is 1.97. The molecule has 2 heteroatoms. The van der Waals surface area contributed by atoms with Crippen LogP contribution >= 0.6 is 0 Å². The molecule has 13 heavy (non-hydrogen) atoms. The zero-order chi connectivity index (χ0) is 10.1. The summed E-state index contributed by atoms with van der Waals surface area (Å²) in [6, 6.07) is 0. The molecule has 0 radical (unpaired) electrons. The first-order valence-electron chi connectivity index (χ1n) is 5.27. The second-order valence-corrected chi connectivity index (χ2v) is 4.76. The monoisotopic (exact) mass is 186 g/mol. The molecule has 0 spiro atoms. The van der Waals surface area contributed by atoms with Gasteiger partial charge in [-0.25, -0.2) is 0 Å². The highest BCUT2D eigenvalue weighted by Gasteiger charge is 2.42. The Labute approximate surface area is 81.6 Å². The van der Waals surface area contributed by atoms with Crippen molar-refractivity contribution in [1.82, 2.24) is 0 Å². The van der Waals surface area contributed by atoms with Gasteiger partial charge in [0.1, 0.15) is 0 Å². The summed E-state index contributed by atoms with van der Waals surface area (Å²) in [6.45, 7) is 12.5. The maximum atomic E-state index is 5.88. The molecule has 0 N–H and O–H groups in total. The van der Waals surface area contributed by atoms with Crippen molar-refractivity contribution in [3.8, 4) is 0 Å². The Morgan fingerprint density at radius 1 is 1.00 bits per heavy atom. The van der Waals surface area contributed by atoms with E-state index in [0.29, 0.717) is 17.8 Å². The zero-order valence-electron chi connectivity index (χ0n) is 9.46. The lowest BCUT2D eigenvalue weighted by atomic mass is 9.90. The zero-order valence-corrected chi connectivity index (χ0v) is 9.46. The lowest BCUT2D eigenvalue weighted by molar-refractivity contribution is -0.322. The van der Waals surface area contributed by atoms with Crippen LogP contribution in [-0.4, -0.2) is 19.0 Å². The van der Waals surface area contributed by atoms with Gasteiger partial charge in [0.25, 0.3) is 0 Å². The van der Waals surface area contributed by atoms with Crippen LogP contribution in [0.3, 0.4) is 0 Å². The molecule has 2 nitrogen and oxygen atoms in total. The average Bonchev–Trinajstić information content (AvgIpc) is 2.04. The molecule has 1 aliphatic rings. The van der Waals surface area contributed by atoms with Crippen molar-refractivity contribution < 1.29 is 9.47 Å². The van der Waals surface area contributed by atoms with Crippen molar-refractivity contribution >= 4 is 0 Å². The fourth-order valence-corrected chi connectivity index (χ4v) is 1.97. The maximum absolute atomic E-state index is 5.88. The Balaban J connectivity index is 2.69. The molecule has 78 valence electrons. The number of rotatable bonds is 2. The maximum Gasteiger partial charge on any atom is 0.172 e. The van der Waals surface area contributed by atoms with Crippen LogP contribution in [0.2, 0.25) is 0 Å². The Bertz CT molecular complexity index is 145. The molecule has 0 aromatic heterocycles. The van der Waals surface area contributed by atoms with Crippen molar-refractivity contribution in [3.63, 3.8) is 0 Å². The summed E-state index contributed by atoms with van der Waals surface area (Å²) in [4.78, 5) is 0. The first-order chi connectivity index (χ1) is 5.99. The van der Waals surface area contributed by atoms with E-state index in [1.165, 1.54) is 0 Å². The molecular weight excluding hydrogens is 164 g/mol. The van der Waals surface area contributed by atoms with E-state index in [9.17, 15) is 0 Å². The SMILES string of the molecule is CC1COC(C(C)C)(C(C)C)OC1. The molecule has 1 rings (SSSR count). The van der Waals surface area contributed by atoms with Crippen LogP contribution in [0.1, 0.15) is 34.6 Å².